The third-order valence-corrected chi connectivity index (χ3v) is 4.96. The van der Waals surface area contributed by atoms with E-state index in [-0.39, 0.29) is 30.7 Å². The summed E-state index contributed by atoms with van der Waals surface area (Å²) in [6.07, 6.45) is 2.73. The molecule has 5 nitrogen and oxygen atoms in total. The minimum Gasteiger partial charge on any atom is -0.356 e. The summed E-state index contributed by atoms with van der Waals surface area (Å²) in [4.78, 5) is 37.6. The van der Waals surface area contributed by atoms with Crippen LogP contribution < -0.4 is 5.32 Å². The molecular formula is C21H21ClN2O3. The molecule has 1 aliphatic heterocycles. The van der Waals surface area contributed by atoms with Crippen molar-refractivity contribution in [3.63, 3.8) is 0 Å². The minimum atomic E-state index is -0.330. The maximum Gasteiger partial charge on any atom is 0.261 e. The molecule has 0 fully saturated rings. The number of carbonyl (C=O) groups is 3. The highest BCUT2D eigenvalue weighted by atomic mass is 35.5. The number of rotatable bonds is 8. The Morgan fingerprint density at radius 2 is 1.56 bits per heavy atom. The Labute approximate surface area is 163 Å². The normalized spacial score (nSPS) is 13.0. The van der Waals surface area contributed by atoms with E-state index in [0.29, 0.717) is 17.7 Å². The van der Waals surface area contributed by atoms with Crippen LogP contribution in [0.5, 0.6) is 0 Å². The van der Waals surface area contributed by atoms with Gasteiger partial charge in [-0.1, -0.05) is 41.9 Å². The molecule has 2 aromatic carbocycles. The van der Waals surface area contributed by atoms with E-state index in [4.69, 9.17) is 11.6 Å². The number of carbonyl (C=O) groups excluding carboxylic acids is 3. The first kappa shape index (κ1) is 19.1. The molecule has 27 heavy (non-hydrogen) atoms. The van der Waals surface area contributed by atoms with Crippen LogP contribution in [-0.4, -0.2) is 35.7 Å². The van der Waals surface area contributed by atoms with Crippen molar-refractivity contribution in [2.45, 2.75) is 25.7 Å². The first-order chi connectivity index (χ1) is 13.1. The molecule has 0 unspecified atom stereocenters. The molecule has 0 aliphatic carbocycles. The summed E-state index contributed by atoms with van der Waals surface area (Å²) in [5.41, 5.74) is 1.92. The quantitative estimate of drug-likeness (QED) is 0.559. The molecule has 0 radical (unpaired) electrons. The molecule has 0 bridgehead atoms. The molecule has 3 amide bonds. The van der Waals surface area contributed by atoms with Gasteiger partial charge in [-0.3, -0.25) is 19.3 Å². The number of imide groups is 1. The predicted octanol–water partition coefficient (Wildman–Crippen LogP) is 3.47. The minimum absolute atomic E-state index is 0.0950. The van der Waals surface area contributed by atoms with Gasteiger partial charge in [-0.15, -0.1) is 0 Å². The first-order valence-corrected chi connectivity index (χ1v) is 9.41. The maximum absolute atomic E-state index is 12.2. The van der Waals surface area contributed by atoms with Crippen molar-refractivity contribution < 1.29 is 14.4 Å². The Morgan fingerprint density at radius 3 is 2.22 bits per heavy atom. The van der Waals surface area contributed by atoms with Gasteiger partial charge in [0.1, 0.15) is 0 Å². The number of nitrogens with one attached hydrogen (secondary N) is 1. The second kappa shape index (κ2) is 8.82. The lowest BCUT2D eigenvalue weighted by Gasteiger charge is -2.13. The largest absolute Gasteiger partial charge is 0.356 e. The second-order valence-corrected chi connectivity index (χ2v) is 6.86. The van der Waals surface area contributed by atoms with Gasteiger partial charge in [0.05, 0.1) is 11.1 Å². The van der Waals surface area contributed by atoms with Gasteiger partial charge in [-0.2, -0.15) is 0 Å². The lowest BCUT2D eigenvalue weighted by molar-refractivity contribution is -0.121. The van der Waals surface area contributed by atoms with Gasteiger partial charge >= 0.3 is 0 Å². The average molecular weight is 385 g/mol. The molecule has 2 aromatic rings. The van der Waals surface area contributed by atoms with Crippen molar-refractivity contribution in [2.24, 2.45) is 0 Å². The Bertz CT molecular complexity index is 831. The fraction of sp³-hybridized carbons (Fsp3) is 0.286. The van der Waals surface area contributed by atoms with E-state index in [2.05, 4.69) is 5.32 Å². The van der Waals surface area contributed by atoms with Gasteiger partial charge in [0.25, 0.3) is 11.8 Å². The van der Waals surface area contributed by atoms with Crippen LogP contribution in [-0.2, 0) is 11.2 Å². The zero-order chi connectivity index (χ0) is 19.2. The van der Waals surface area contributed by atoms with E-state index in [1.807, 2.05) is 24.3 Å². The van der Waals surface area contributed by atoms with Crippen LogP contribution in [0.1, 0.15) is 45.5 Å². The summed E-state index contributed by atoms with van der Waals surface area (Å²) in [5, 5.41) is 3.60. The smallest absolute Gasteiger partial charge is 0.261 e. The molecule has 0 aromatic heterocycles. The van der Waals surface area contributed by atoms with Crippen molar-refractivity contribution in [3.05, 3.63) is 70.2 Å². The van der Waals surface area contributed by atoms with Crippen molar-refractivity contribution in [2.75, 3.05) is 13.1 Å². The molecule has 1 N–H and O–H groups in total. The zero-order valence-corrected chi connectivity index (χ0v) is 15.7. The summed E-state index contributed by atoms with van der Waals surface area (Å²) >= 11 is 6.12. The van der Waals surface area contributed by atoms with Crippen LogP contribution in [0.2, 0.25) is 5.02 Å². The van der Waals surface area contributed by atoms with Crippen LogP contribution in [0.25, 0.3) is 0 Å². The highest BCUT2D eigenvalue weighted by molar-refractivity contribution is 6.31. The Kier molecular flexibility index (Phi) is 6.24. The fourth-order valence-electron chi connectivity index (χ4n) is 3.11. The van der Waals surface area contributed by atoms with Crippen molar-refractivity contribution >= 4 is 29.3 Å². The third-order valence-electron chi connectivity index (χ3n) is 4.59. The maximum atomic E-state index is 12.2. The van der Waals surface area contributed by atoms with Crippen molar-refractivity contribution in [1.29, 1.82) is 0 Å². The highest BCUT2D eigenvalue weighted by Gasteiger charge is 2.34. The SMILES string of the molecule is O=C(CCN1C(=O)c2ccccc2C1=O)NCCCCc1ccccc1Cl. The van der Waals surface area contributed by atoms with E-state index < -0.39 is 0 Å². The van der Waals surface area contributed by atoms with Gasteiger partial charge in [-0.25, -0.2) is 0 Å². The Balaban J connectivity index is 1.36. The molecule has 0 saturated carbocycles. The number of fused-ring (bicyclic) bond motifs is 1. The molecule has 1 heterocycles. The van der Waals surface area contributed by atoms with Gasteiger partial charge in [0, 0.05) is 24.5 Å². The summed E-state index contributed by atoms with van der Waals surface area (Å²) in [6, 6.07) is 14.5. The molecule has 0 saturated heterocycles. The molecule has 140 valence electrons. The zero-order valence-electron chi connectivity index (χ0n) is 14.9. The number of aryl methyl sites for hydroxylation is 1. The van der Waals surface area contributed by atoms with Crippen LogP contribution in [0.4, 0.5) is 0 Å². The lowest BCUT2D eigenvalue weighted by Crippen LogP contribution is -2.34. The van der Waals surface area contributed by atoms with Gasteiger partial charge in [0.2, 0.25) is 5.91 Å². The Morgan fingerprint density at radius 1 is 0.926 bits per heavy atom. The van der Waals surface area contributed by atoms with E-state index >= 15 is 0 Å². The first-order valence-electron chi connectivity index (χ1n) is 9.03. The van der Waals surface area contributed by atoms with Gasteiger partial charge in [0.15, 0.2) is 0 Å². The van der Waals surface area contributed by atoms with Gasteiger partial charge < -0.3 is 5.32 Å². The number of amides is 3. The summed E-state index contributed by atoms with van der Waals surface area (Å²) in [6.45, 7) is 0.656. The van der Waals surface area contributed by atoms with E-state index in [1.54, 1.807) is 24.3 Å². The number of unbranched alkanes of at least 4 members (excludes halogenated alkanes) is 1. The topological polar surface area (TPSA) is 66.5 Å². The second-order valence-electron chi connectivity index (χ2n) is 6.46. The van der Waals surface area contributed by atoms with Crippen molar-refractivity contribution in [1.82, 2.24) is 10.2 Å². The third kappa shape index (κ3) is 4.55. The fourth-order valence-corrected chi connectivity index (χ4v) is 3.34. The number of hydrogen-bond acceptors (Lipinski definition) is 3. The summed E-state index contributed by atoms with van der Waals surface area (Å²) < 4.78 is 0. The van der Waals surface area contributed by atoms with Crippen LogP contribution in [0, 0.1) is 0 Å². The van der Waals surface area contributed by atoms with Gasteiger partial charge in [-0.05, 0) is 43.0 Å². The van der Waals surface area contributed by atoms with Crippen LogP contribution in [0.3, 0.4) is 0 Å². The summed E-state index contributed by atoms with van der Waals surface area (Å²) in [7, 11) is 0. The molecule has 0 atom stereocenters. The number of halogens is 1. The molecular weight excluding hydrogens is 364 g/mol. The number of nitrogens with zero attached hydrogens (tertiary/aromatic N) is 1. The summed E-state index contributed by atoms with van der Waals surface area (Å²) in [5.74, 6) is -0.824. The molecule has 3 rings (SSSR count). The number of benzene rings is 2. The average Bonchev–Trinajstić information content (AvgIpc) is 2.92. The number of hydrogen-bond donors (Lipinski definition) is 1. The molecule has 0 spiro atoms. The van der Waals surface area contributed by atoms with Crippen LogP contribution >= 0.6 is 11.6 Å². The highest BCUT2D eigenvalue weighted by Crippen LogP contribution is 2.22. The van der Waals surface area contributed by atoms with E-state index in [1.165, 1.54) is 0 Å². The standard InChI is InChI=1S/C21H21ClN2O3/c22-18-11-4-1-7-15(18)8-5-6-13-23-19(25)12-14-24-20(26)16-9-2-3-10-17(16)21(24)27/h1-4,7,9-11H,5-6,8,12-14H2,(H,23,25). The van der Waals surface area contributed by atoms with E-state index in [9.17, 15) is 14.4 Å². The van der Waals surface area contributed by atoms with Crippen molar-refractivity contribution in [3.8, 4) is 0 Å². The lowest BCUT2D eigenvalue weighted by atomic mass is 10.1. The Hall–Kier alpha value is -2.66. The monoisotopic (exact) mass is 384 g/mol. The van der Waals surface area contributed by atoms with E-state index in [0.717, 1.165) is 34.7 Å². The predicted molar refractivity (Wildman–Crippen MR) is 104 cm³/mol. The molecule has 6 heteroatoms. The van der Waals surface area contributed by atoms with Crippen LogP contribution in [0.15, 0.2) is 48.5 Å². The molecule has 1 aliphatic rings.